The molecule has 4 heteroatoms. The number of hydrogen-bond donors (Lipinski definition) is 0. The number of fused-ring (bicyclic) bond motifs is 3. The molecule has 1 aliphatic rings. The molecule has 0 saturated carbocycles. The number of aromatic nitrogens is 2. The number of rotatable bonds is 4. The minimum atomic E-state index is 0.894. The van der Waals surface area contributed by atoms with Crippen molar-refractivity contribution >= 4 is 17.0 Å². The van der Waals surface area contributed by atoms with Crippen LogP contribution in [0.2, 0.25) is 0 Å². The second kappa shape index (κ2) is 6.05. The Morgan fingerprint density at radius 3 is 2.57 bits per heavy atom. The molecule has 0 aliphatic carbocycles. The fourth-order valence-electron chi connectivity index (χ4n) is 3.38. The zero-order valence-corrected chi connectivity index (χ0v) is 13.5. The largest absolute Gasteiger partial charge is 0.329 e. The minimum Gasteiger partial charge on any atom is -0.329 e. The summed E-state index contributed by atoms with van der Waals surface area (Å²) in [4.78, 5) is 9.73. The van der Waals surface area contributed by atoms with Crippen LogP contribution in [0, 0.1) is 0 Å². The molecule has 0 N–H and O–H groups in total. The third-order valence-corrected chi connectivity index (χ3v) is 4.37. The van der Waals surface area contributed by atoms with Crippen molar-refractivity contribution in [2.75, 3.05) is 18.1 Å². The fourth-order valence-corrected chi connectivity index (χ4v) is 3.38. The lowest BCUT2D eigenvalue weighted by molar-refractivity contribution is 0.190. The maximum atomic E-state index is 4.86. The van der Waals surface area contributed by atoms with Gasteiger partial charge in [-0.15, -0.1) is 0 Å². The van der Waals surface area contributed by atoms with Gasteiger partial charge in [-0.2, -0.15) is 0 Å². The molecule has 4 nitrogen and oxygen atoms in total. The number of para-hydroxylation sites is 2. The third-order valence-electron chi connectivity index (χ3n) is 4.37. The van der Waals surface area contributed by atoms with Gasteiger partial charge < -0.3 is 4.90 Å². The monoisotopic (exact) mass is 306 g/mol. The van der Waals surface area contributed by atoms with Gasteiger partial charge in [0.05, 0.1) is 24.4 Å². The Morgan fingerprint density at radius 2 is 1.74 bits per heavy atom. The van der Waals surface area contributed by atoms with E-state index in [0.717, 1.165) is 44.3 Å². The molecule has 4 rings (SSSR count). The quantitative estimate of drug-likeness (QED) is 0.735. The molecule has 118 valence electrons. The average Bonchev–Trinajstić information content (AvgIpc) is 2.95. The van der Waals surface area contributed by atoms with Crippen molar-refractivity contribution in [3.63, 3.8) is 0 Å². The van der Waals surface area contributed by atoms with Crippen LogP contribution in [-0.2, 0) is 13.2 Å². The van der Waals surface area contributed by atoms with Gasteiger partial charge >= 0.3 is 0 Å². The van der Waals surface area contributed by atoms with Gasteiger partial charge in [-0.25, -0.2) is 4.98 Å². The molecule has 3 aromatic rings. The first kappa shape index (κ1) is 14.3. The molecule has 0 bridgehead atoms. The summed E-state index contributed by atoms with van der Waals surface area (Å²) in [6, 6.07) is 19.1. The number of benzene rings is 2. The maximum Gasteiger partial charge on any atom is 0.208 e. The minimum absolute atomic E-state index is 0.894. The predicted octanol–water partition coefficient (Wildman–Crippen LogP) is 3.68. The molecule has 0 fully saturated rings. The van der Waals surface area contributed by atoms with Gasteiger partial charge in [0, 0.05) is 13.1 Å². The predicted molar refractivity (Wildman–Crippen MR) is 94.2 cm³/mol. The van der Waals surface area contributed by atoms with Crippen molar-refractivity contribution in [3.8, 4) is 0 Å². The molecule has 0 amide bonds. The Hall–Kier alpha value is -2.33. The third kappa shape index (κ3) is 2.70. The highest BCUT2D eigenvalue weighted by Gasteiger charge is 2.25. The molecule has 0 atom stereocenters. The van der Waals surface area contributed by atoms with Gasteiger partial charge in [0.25, 0.3) is 0 Å². The van der Waals surface area contributed by atoms with Crippen LogP contribution in [0.5, 0.6) is 0 Å². The van der Waals surface area contributed by atoms with Crippen molar-refractivity contribution in [3.05, 3.63) is 60.2 Å². The van der Waals surface area contributed by atoms with E-state index < -0.39 is 0 Å². The topological polar surface area (TPSA) is 24.3 Å². The highest BCUT2D eigenvalue weighted by Crippen LogP contribution is 2.27. The zero-order valence-electron chi connectivity index (χ0n) is 13.5. The molecular weight excluding hydrogens is 284 g/mol. The first-order valence-electron chi connectivity index (χ1n) is 8.31. The van der Waals surface area contributed by atoms with Crippen LogP contribution in [0.1, 0.15) is 18.9 Å². The Kier molecular flexibility index (Phi) is 3.75. The van der Waals surface area contributed by atoms with Gasteiger partial charge in [0.1, 0.15) is 0 Å². The highest BCUT2D eigenvalue weighted by molar-refractivity contribution is 5.79. The standard InChI is InChI=1S/C19H22N4/c1-2-12-22-14-21(13-16-8-4-3-5-9-16)15-23-18-11-7-6-10-17(18)20-19(22)23/h3-11H,2,12-15H2,1H3. The lowest BCUT2D eigenvalue weighted by Crippen LogP contribution is -2.45. The van der Waals surface area contributed by atoms with Crippen molar-refractivity contribution in [1.82, 2.24) is 14.5 Å². The smallest absolute Gasteiger partial charge is 0.208 e. The van der Waals surface area contributed by atoms with Crippen molar-refractivity contribution in [2.45, 2.75) is 26.6 Å². The Morgan fingerprint density at radius 1 is 0.957 bits per heavy atom. The molecule has 0 saturated heterocycles. The van der Waals surface area contributed by atoms with Crippen LogP contribution >= 0.6 is 0 Å². The Balaban J connectivity index is 1.68. The SMILES string of the molecule is CCCN1CN(Cc2ccccc2)Cn2c1nc1ccccc12. The van der Waals surface area contributed by atoms with E-state index in [9.17, 15) is 0 Å². The molecule has 0 radical (unpaired) electrons. The first-order chi connectivity index (χ1) is 11.3. The van der Waals surface area contributed by atoms with E-state index in [1.807, 2.05) is 0 Å². The lowest BCUT2D eigenvalue weighted by Gasteiger charge is -2.37. The molecule has 1 aromatic heterocycles. The van der Waals surface area contributed by atoms with Gasteiger partial charge in [0.2, 0.25) is 5.95 Å². The van der Waals surface area contributed by atoms with Gasteiger partial charge in [0.15, 0.2) is 0 Å². The van der Waals surface area contributed by atoms with Gasteiger partial charge in [-0.1, -0.05) is 49.4 Å². The molecule has 2 heterocycles. The lowest BCUT2D eigenvalue weighted by atomic mass is 10.2. The summed E-state index contributed by atoms with van der Waals surface area (Å²) in [6.07, 6.45) is 1.13. The number of anilines is 1. The normalized spacial score (nSPS) is 15.1. The summed E-state index contributed by atoms with van der Waals surface area (Å²) < 4.78 is 2.34. The van der Waals surface area contributed by atoms with E-state index in [4.69, 9.17) is 4.98 Å². The maximum absolute atomic E-state index is 4.86. The second-order valence-corrected chi connectivity index (χ2v) is 6.19. The van der Waals surface area contributed by atoms with Crippen LogP contribution in [0.3, 0.4) is 0 Å². The summed E-state index contributed by atoms with van der Waals surface area (Å²) in [5, 5.41) is 0. The zero-order chi connectivity index (χ0) is 15.6. The van der Waals surface area contributed by atoms with Crippen LogP contribution in [0.4, 0.5) is 5.95 Å². The number of nitrogens with zero attached hydrogens (tertiary/aromatic N) is 4. The number of imidazole rings is 1. The summed E-state index contributed by atoms with van der Waals surface area (Å²) in [6.45, 7) is 6.06. The van der Waals surface area contributed by atoms with Crippen LogP contribution < -0.4 is 4.90 Å². The van der Waals surface area contributed by atoms with E-state index in [0.29, 0.717) is 0 Å². The van der Waals surface area contributed by atoms with Crippen LogP contribution in [0.25, 0.3) is 11.0 Å². The highest BCUT2D eigenvalue weighted by atomic mass is 15.5. The average molecular weight is 306 g/mol. The van der Waals surface area contributed by atoms with Crippen molar-refractivity contribution in [2.24, 2.45) is 0 Å². The molecule has 0 unspecified atom stereocenters. The van der Waals surface area contributed by atoms with Gasteiger partial charge in [-0.05, 0) is 24.1 Å². The summed E-state index contributed by atoms with van der Waals surface area (Å²) in [5.41, 5.74) is 3.67. The van der Waals surface area contributed by atoms with Crippen LogP contribution in [0.15, 0.2) is 54.6 Å². The molecule has 23 heavy (non-hydrogen) atoms. The van der Waals surface area contributed by atoms with E-state index in [1.54, 1.807) is 0 Å². The van der Waals surface area contributed by atoms with Crippen LogP contribution in [-0.4, -0.2) is 27.7 Å². The van der Waals surface area contributed by atoms with Crippen molar-refractivity contribution < 1.29 is 0 Å². The Bertz CT molecular complexity index is 793. The molecular formula is C19H22N4. The summed E-state index contributed by atoms with van der Waals surface area (Å²) in [5.74, 6) is 1.11. The molecule has 1 aliphatic heterocycles. The fraction of sp³-hybridized carbons (Fsp3) is 0.316. The van der Waals surface area contributed by atoms with E-state index in [1.165, 1.54) is 11.1 Å². The first-order valence-corrected chi connectivity index (χ1v) is 8.31. The van der Waals surface area contributed by atoms with Gasteiger partial charge in [-0.3, -0.25) is 9.47 Å². The molecule has 0 spiro atoms. The van der Waals surface area contributed by atoms with E-state index in [-0.39, 0.29) is 0 Å². The van der Waals surface area contributed by atoms with E-state index in [2.05, 4.69) is 75.9 Å². The summed E-state index contributed by atoms with van der Waals surface area (Å²) >= 11 is 0. The van der Waals surface area contributed by atoms with E-state index >= 15 is 0 Å². The molecule has 2 aromatic carbocycles. The summed E-state index contributed by atoms with van der Waals surface area (Å²) in [7, 11) is 0. The van der Waals surface area contributed by atoms with Crippen molar-refractivity contribution in [1.29, 1.82) is 0 Å². The Labute approximate surface area is 137 Å². The second-order valence-electron chi connectivity index (χ2n) is 6.19. The number of hydrogen-bond acceptors (Lipinski definition) is 3.